The predicted molar refractivity (Wildman–Crippen MR) is 144 cm³/mol. The molecular weight excluding hydrogens is 508 g/mol. The van der Waals surface area contributed by atoms with E-state index in [0.717, 1.165) is 16.5 Å². The first-order valence-corrected chi connectivity index (χ1v) is 12.3. The molecular formula is C29H25ClN2O6. The zero-order valence-corrected chi connectivity index (χ0v) is 21.5. The number of ether oxygens (including phenoxy) is 2. The smallest absolute Gasteiger partial charge is 0.295 e. The number of aromatic nitrogens is 1. The van der Waals surface area contributed by atoms with Gasteiger partial charge in [0.05, 0.1) is 25.8 Å². The van der Waals surface area contributed by atoms with Gasteiger partial charge in [0.1, 0.15) is 11.5 Å². The average Bonchev–Trinajstić information content (AvgIpc) is 3.45. The molecule has 0 radical (unpaired) electrons. The third kappa shape index (κ3) is 4.43. The van der Waals surface area contributed by atoms with E-state index in [1.165, 1.54) is 18.1 Å². The molecule has 1 fully saturated rings. The number of methoxy groups -OCH3 is 2. The van der Waals surface area contributed by atoms with Crippen molar-refractivity contribution >= 4 is 40.0 Å². The highest BCUT2D eigenvalue weighted by atomic mass is 35.5. The quantitative estimate of drug-likeness (QED) is 0.171. The Bertz CT molecular complexity index is 1570. The number of amides is 1. The second-order valence-electron chi connectivity index (χ2n) is 8.91. The minimum atomic E-state index is -0.903. The fourth-order valence-corrected chi connectivity index (χ4v) is 4.94. The van der Waals surface area contributed by atoms with Crippen molar-refractivity contribution in [2.75, 3.05) is 20.8 Å². The Hall–Kier alpha value is -4.43. The number of likely N-dealkylation sites (tertiary alicyclic amines) is 1. The lowest BCUT2D eigenvalue weighted by molar-refractivity contribution is -0.139. The first-order valence-electron chi connectivity index (χ1n) is 11.9. The molecule has 3 aromatic carbocycles. The van der Waals surface area contributed by atoms with Crippen molar-refractivity contribution in [2.24, 2.45) is 0 Å². The minimum absolute atomic E-state index is 0.0503. The summed E-state index contributed by atoms with van der Waals surface area (Å²) in [4.78, 5) is 31.3. The van der Waals surface area contributed by atoms with Gasteiger partial charge in [0.15, 0.2) is 11.5 Å². The molecule has 0 aliphatic carbocycles. The summed E-state index contributed by atoms with van der Waals surface area (Å²) in [6.45, 7) is 0.194. The molecule has 9 heteroatoms. The van der Waals surface area contributed by atoms with Gasteiger partial charge < -0.3 is 29.6 Å². The number of phenolic OH excluding ortho intramolecular Hbond substituents is 1. The number of nitrogens with one attached hydrogen (secondary N) is 1. The molecule has 2 heterocycles. The van der Waals surface area contributed by atoms with E-state index >= 15 is 0 Å². The molecule has 194 valence electrons. The Morgan fingerprint density at radius 3 is 2.50 bits per heavy atom. The maximum Gasteiger partial charge on any atom is 0.295 e. The third-order valence-electron chi connectivity index (χ3n) is 6.77. The number of aliphatic hydroxyl groups excluding tert-OH is 1. The molecule has 5 rings (SSSR count). The molecule has 0 saturated carbocycles. The molecule has 1 saturated heterocycles. The first kappa shape index (κ1) is 25.2. The fourth-order valence-electron chi connectivity index (χ4n) is 4.82. The van der Waals surface area contributed by atoms with Gasteiger partial charge in [-0.05, 0) is 72.1 Å². The van der Waals surface area contributed by atoms with Gasteiger partial charge in [0.2, 0.25) is 0 Å². The largest absolute Gasteiger partial charge is 0.507 e. The van der Waals surface area contributed by atoms with Crippen LogP contribution in [0.5, 0.6) is 17.2 Å². The zero-order valence-electron chi connectivity index (χ0n) is 20.7. The molecule has 1 amide bonds. The van der Waals surface area contributed by atoms with Gasteiger partial charge in [-0.15, -0.1) is 0 Å². The highest BCUT2D eigenvalue weighted by Crippen LogP contribution is 2.42. The number of ketones is 1. The maximum atomic E-state index is 13.3. The van der Waals surface area contributed by atoms with Crippen LogP contribution in [-0.4, -0.2) is 52.6 Å². The number of aliphatic hydroxyl groups is 1. The van der Waals surface area contributed by atoms with Crippen LogP contribution in [-0.2, 0) is 16.0 Å². The lowest BCUT2D eigenvalue weighted by atomic mass is 9.95. The lowest BCUT2D eigenvalue weighted by Crippen LogP contribution is -2.31. The van der Waals surface area contributed by atoms with Crippen LogP contribution in [0.2, 0.25) is 5.02 Å². The Morgan fingerprint density at radius 2 is 1.79 bits per heavy atom. The number of H-pyrrole nitrogens is 1. The van der Waals surface area contributed by atoms with Crippen LogP contribution < -0.4 is 9.47 Å². The molecule has 1 unspecified atom stereocenters. The Balaban J connectivity index is 1.58. The molecule has 38 heavy (non-hydrogen) atoms. The van der Waals surface area contributed by atoms with Gasteiger partial charge in [0, 0.05) is 34.2 Å². The van der Waals surface area contributed by atoms with Crippen molar-refractivity contribution in [3.05, 3.63) is 94.1 Å². The van der Waals surface area contributed by atoms with E-state index < -0.39 is 17.7 Å². The van der Waals surface area contributed by atoms with Crippen molar-refractivity contribution < 1.29 is 29.3 Å². The number of nitrogens with zero attached hydrogens (tertiary/aromatic N) is 1. The summed E-state index contributed by atoms with van der Waals surface area (Å²) < 4.78 is 10.6. The van der Waals surface area contributed by atoms with Gasteiger partial charge >= 0.3 is 0 Å². The normalized spacial score (nSPS) is 16.8. The number of carbonyl (C=O) groups excluding carboxylic acids is 2. The van der Waals surface area contributed by atoms with E-state index in [0.29, 0.717) is 28.3 Å². The third-order valence-corrected chi connectivity index (χ3v) is 7.03. The summed E-state index contributed by atoms with van der Waals surface area (Å²) >= 11 is 6.00. The van der Waals surface area contributed by atoms with Gasteiger partial charge in [-0.1, -0.05) is 17.7 Å². The first-order chi connectivity index (χ1) is 18.3. The predicted octanol–water partition coefficient (Wildman–Crippen LogP) is 5.21. The SMILES string of the molecule is COc1ccc2[nH]cc(CCN3C(=O)C(=O)/C(=C(\O)c4ccc(Cl)cc4)C3c3ccc(O)c(OC)c3)c2c1. The van der Waals surface area contributed by atoms with E-state index in [1.54, 1.807) is 43.5 Å². The van der Waals surface area contributed by atoms with Gasteiger partial charge in [-0.2, -0.15) is 0 Å². The molecule has 8 nitrogen and oxygen atoms in total. The van der Waals surface area contributed by atoms with Crippen LogP contribution in [0.1, 0.15) is 22.7 Å². The summed E-state index contributed by atoms with van der Waals surface area (Å²) in [5.74, 6) is -1.03. The van der Waals surface area contributed by atoms with E-state index in [1.807, 2.05) is 24.4 Å². The fraction of sp³-hybridized carbons (Fsp3) is 0.172. The monoisotopic (exact) mass is 532 g/mol. The number of hydrogen-bond donors (Lipinski definition) is 3. The van der Waals surface area contributed by atoms with Crippen molar-refractivity contribution in [2.45, 2.75) is 12.5 Å². The van der Waals surface area contributed by atoms with Crippen LogP contribution in [0.3, 0.4) is 0 Å². The van der Waals surface area contributed by atoms with E-state index in [-0.39, 0.29) is 29.4 Å². The summed E-state index contributed by atoms with van der Waals surface area (Å²) in [5.41, 5.74) is 2.68. The maximum absolute atomic E-state index is 13.3. The minimum Gasteiger partial charge on any atom is -0.507 e. The van der Waals surface area contributed by atoms with E-state index in [2.05, 4.69) is 4.98 Å². The molecule has 0 bridgehead atoms. The topological polar surface area (TPSA) is 112 Å². The number of aromatic hydroxyl groups is 1. The molecule has 1 atom stereocenters. The van der Waals surface area contributed by atoms with Crippen molar-refractivity contribution in [3.63, 3.8) is 0 Å². The molecule has 1 aliphatic heterocycles. The molecule has 1 aromatic heterocycles. The van der Waals surface area contributed by atoms with Gasteiger partial charge in [-0.25, -0.2) is 0 Å². The highest BCUT2D eigenvalue weighted by Gasteiger charge is 2.46. The van der Waals surface area contributed by atoms with Crippen molar-refractivity contribution in [1.82, 2.24) is 9.88 Å². The number of Topliss-reactive ketones (excluding diaryl/α,β-unsaturated/α-hetero) is 1. The number of aromatic amines is 1. The lowest BCUT2D eigenvalue weighted by Gasteiger charge is -2.25. The number of carbonyl (C=O) groups is 2. The average molecular weight is 533 g/mol. The molecule has 0 spiro atoms. The summed E-state index contributed by atoms with van der Waals surface area (Å²) in [7, 11) is 3.01. The number of hydrogen-bond acceptors (Lipinski definition) is 6. The van der Waals surface area contributed by atoms with Crippen molar-refractivity contribution in [3.8, 4) is 17.2 Å². The van der Waals surface area contributed by atoms with Crippen LogP contribution in [0.25, 0.3) is 16.7 Å². The van der Waals surface area contributed by atoms with Gasteiger partial charge in [-0.3, -0.25) is 9.59 Å². The number of phenols is 1. The summed E-state index contributed by atoms with van der Waals surface area (Å²) in [6.07, 6.45) is 2.31. The van der Waals surface area contributed by atoms with Crippen molar-refractivity contribution in [1.29, 1.82) is 0 Å². The Morgan fingerprint density at radius 1 is 1.03 bits per heavy atom. The van der Waals surface area contributed by atoms with Crippen LogP contribution in [0.15, 0.2) is 72.4 Å². The number of fused-ring (bicyclic) bond motifs is 1. The zero-order chi connectivity index (χ0) is 27.0. The van der Waals surface area contributed by atoms with E-state index in [4.69, 9.17) is 21.1 Å². The summed E-state index contributed by atoms with van der Waals surface area (Å²) in [6, 6.07) is 15.7. The number of halogens is 1. The van der Waals surface area contributed by atoms with Crippen LogP contribution in [0, 0.1) is 0 Å². The molecule has 1 aliphatic rings. The standard InChI is InChI=1S/C29H25ClN2O6/c1-37-20-8-9-22-21(14-20)18(15-31-22)11-12-32-26(17-5-10-23(33)24(13-17)38-2)25(28(35)29(32)36)27(34)16-3-6-19(30)7-4-16/h3-10,13-15,26,31,33-34H,11-12H2,1-2H3/b27-25-. The number of rotatable bonds is 7. The Labute approximate surface area is 223 Å². The second-order valence-corrected chi connectivity index (χ2v) is 9.34. The summed E-state index contributed by atoms with van der Waals surface area (Å²) in [5, 5.41) is 22.8. The van der Waals surface area contributed by atoms with Crippen LogP contribution in [0.4, 0.5) is 0 Å². The highest BCUT2D eigenvalue weighted by molar-refractivity contribution is 6.46. The van der Waals surface area contributed by atoms with Crippen LogP contribution >= 0.6 is 11.6 Å². The second kappa shape index (κ2) is 10.1. The van der Waals surface area contributed by atoms with Gasteiger partial charge in [0.25, 0.3) is 11.7 Å². The molecule has 3 N–H and O–H groups in total. The molecule has 4 aromatic rings. The van der Waals surface area contributed by atoms with E-state index in [9.17, 15) is 19.8 Å². The number of benzene rings is 3. The Kier molecular flexibility index (Phi) is 6.73.